The van der Waals surface area contributed by atoms with E-state index in [1.807, 2.05) is 0 Å². The molecule has 0 unspecified atom stereocenters. The lowest BCUT2D eigenvalue weighted by molar-refractivity contribution is -0.137. The fourth-order valence-electron chi connectivity index (χ4n) is 2.41. The quantitative estimate of drug-likeness (QED) is 0.795. The minimum atomic E-state index is -4.35. The summed E-state index contributed by atoms with van der Waals surface area (Å²) in [7, 11) is 0. The van der Waals surface area contributed by atoms with Gasteiger partial charge < -0.3 is 5.11 Å². The number of alkyl halides is 3. The van der Waals surface area contributed by atoms with E-state index in [1.165, 1.54) is 6.07 Å². The van der Waals surface area contributed by atoms with Crippen molar-refractivity contribution in [2.24, 2.45) is 0 Å². The van der Waals surface area contributed by atoms with Crippen LogP contribution in [0.25, 0.3) is 0 Å². The third-order valence-electron chi connectivity index (χ3n) is 3.41. The molecule has 0 aliphatic heterocycles. The van der Waals surface area contributed by atoms with Crippen LogP contribution in [0, 0.1) is 0 Å². The van der Waals surface area contributed by atoms with Crippen LogP contribution in [-0.4, -0.2) is 5.11 Å². The standard InChI is InChI=1S/C13H15F3O/c14-13(15,16)11-6-4-5-10(9-11)12(17)7-2-1-3-8-12/h4-6,9,17H,1-3,7-8H2. The fraction of sp³-hybridized carbons (Fsp3) is 0.538. The molecule has 0 amide bonds. The van der Waals surface area contributed by atoms with Gasteiger partial charge in [0.15, 0.2) is 0 Å². The van der Waals surface area contributed by atoms with Crippen LogP contribution in [0.4, 0.5) is 13.2 Å². The molecule has 0 bridgehead atoms. The van der Waals surface area contributed by atoms with Gasteiger partial charge in [-0.1, -0.05) is 31.4 Å². The molecular weight excluding hydrogens is 229 g/mol. The normalized spacial score (nSPS) is 20.2. The molecule has 1 fully saturated rings. The van der Waals surface area contributed by atoms with Crippen molar-refractivity contribution in [3.05, 3.63) is 35.4 Å². The molecule has 1 aliphatic carbocycles. The summed E-state index contributed by atoms with van der Waals surface area (Å²) < 4.78 is 37.7. The summed E-state index contributed by atoms with van der Waals surface area (Å²) >= 11 is 0. The van der Waals surface area contributed by atoms with Gasteiger partial charge in [0.2, 0.25) is 0 Å². The number of rotatable bonds is 1. The second kappa shape index (κ2) is 4.33. The van der Waals surface area contributed by atoms with Crippen LogP contribution in [0.1, 0.15) is 43.2 Å². The Hall–Kier alpha value is -1.03. The molecule has 17 heavy (non-hydrogen) atoms. The highest BCUT2D eigenvalue weighted by atomic mass is 19.4. The topological polar surface area (TPSA) is 20.2 Å². The molecule has 1 nitrogen and oxygen atoms in total. The lowest BCUT2D eigenvalue weighted by atomic mass is 9.79. The van der Waals surface area contributed by atoms with Crippen molar-refractivity contribution in [2.45, 2.75) is 43.9 Å². The smallest absolute Gasteiger partial charge is 0.385 e. The molecule has 94 valence electrons. The molecule has 0 saturated heterocycles. The first kappa shape index (κ1) is 12.4. The summed E-state index contributed by atoms with van der Waals surface area (Å²) in [5.41, 5.74) is -1.36. The van der Waals surface area contributed by atoms with Crippen LogP contribution < -0.4 is 0 Å². The highest BCUT2D eigenvalue weighted by Crippen LogP contribution is 2.39. The van der Waals surface area contributed by atoms with Crippen molar-refractivity contribution in [2.75, 3.05) is 0 Å². The Morgan fingerprint density at radius 3 is 2.29 bits per heavy atom. The van der Waals surface area contributed by atoms with E-state index in [1.54, 1.807) is 6.07 Å². The molecule has 2 rings (SSSR count). The van der Waals surface area contributed by atoms with Crippen molar-refractivity contribution >= 4 is 0 Å². The number of benzene rings is 1. The summed E-state index contributed by atoms with van der Waals surface area (Å²) in [6.45, 7) is 0. The van der Waals surface area contributed by atoms with E-state index < -0.39 is 17.3 Å². The zero-order valence-electron chi connectivity index (χ0n) is 9.43. The molecule has 0 atom stereocenters. The summed E-state index contributed by atoms with van der Waals surface area (Å²) in [6.07, 6.45) is -0.468. The Balaban J connectivity index is 2.32. The van der Waals surface area contributed by atoms with Gasteiger partial charge in [-0.15, -0.1) is 0 Å². The van der Waals surface area contributed by atoms with Crippen LogP contribution in [-0.2, 0) is 11.8 Å². The first-order valence-electron chi connectivity index (χ1n) is 5.82. The molecule has 0 heterocycles. The lowest BCUT2D eigenvalue weighted by Crippen LogP contribution is -2.28. The van der Waals surface area contributed by atoms with E-state index in [9.17, 15) is 18.3 Å². The average Bonchev–Trinajstić information content (AvgIpc) is 2.29. The van der Waals surface area contributed by atoms with E-state index in [0.29, 0.717) is 18.4 Å². The van der Waals surface area contributed by atoms with Crippen LogP contribution >= 0.6 is 0 Å². The van der Waals surface area contributed by atoms with E-state index >= 15 is 0 Å². The first-order valence-corrected chi connectivity index (χ1v) is 5.82. The maximum atomic E-state index is 12.6. The predicted octanol–water partition coefficient (Wildman–Crippen LogP) is 3.86. The van der Waals surface area contributed by atoms with Crippen molar-refractivity contribution in [3.8, 4) is 0 Å². The molecular formula is C13H15F3O. The van der Waals surface area contributed by atoms with Gasteiger partial charge >= 0.3 is 6.18 Å². The Morgan fingerprint density at radius 1 is 1.06 bits per heavy atom. The molecule has 1 N–H and O–H groups in total. The zero-order chi connectivity index (χ0) is 12.5. The second-order valence-electron chi connectivity index (χ2n) is 4.67. The maximum Gasteiger partial charge on any atom is 0.416 e. The van der Waals surface area contributed by atoms with Crippen molar-refractivity contribution in [1.82, 2.24) is 0 Å². The van der Waals surface area contributed by atoms with E-state index in [4.69, 9.17) is 0 Å². The van der Waals surface area contributed by atoms with Gasteiger partial charge in [-0.05, 0) is 30.5 Å². The number of aliphatic hydroxyl groups is 1. The maximum absolute atomic E-state index is 12.6. The van der Waals surface area contributed by atoms with Crippen LogP contribution in [0.2, 0.25) is 0 Å². The highest BCUT2D eigenvalue weighted by Gasteiger charge is 2.35. The number of hydrogen-bond donors (Lipinski definition) is 1. The van der Waals surface area contributed by atoms with E-state index in [2.05, 4.69) is 0 Å². The van der Waals surface area contributed by atoms with Crippen LogP contribution in [0.15, 0.2) is 24.3 Å². The third-order valence-corrected chi connectivity index (χ3v) is 3.41. The van der Waals surface area contributed by atoms with Gasteiger partial charge in [-0.3, -0.25) is 0 Å². The van der Waals surface area contributed by atoms with Crippen LogP contribution in [0.5, 0.6) is 0 Å². The SMILES string of the molecule is OC1(c2cccc(C(F)(F)F)c2)CCCCC1. The molecule has 1 saturated carbocycles. The molecule has 0 aromatic heterocycles. The average molecular weight is 244 g/mol. The Labute approximate surface area is 98.3 Å². The van der Waals surface area contributed by atoms with Gasteiger partial charge in [0.1, 0.15) is 0 Å². The Kier molecular flexibility index (Phi) is 3.17. The molecule has 4 heteroatoms. The van der Waals surface area contributed by atoms with Gasteiger partial charge in [0, 0.05) is 0 Å². The summed E-state index contributed by atoms with van der Waals surface area (Å²) in [5.74, 6) is 0. The predicted molar refractivity (Wildman–Crippen MR) is 58.4 cm³/mol. The van der Waals surface area contributed by atoms with Crippen molar-refractivity contribution in [3.63, 3.8) is 0 Å². The number of hydrogen-bond acceptors (Lipinski definition) is 1. The molecule has 1 aromatic rings. The minimum absolute atomic E-state index is 0.395. The largest absolute Gasteiger partial charge is 0.416 e. The molecule has 1 aromatic carbocycles. The third kappa shape index (κ3) is 2.63. The minimum Gasteiger partial charge on any atom is -0.385 e. The first-order chi connectivity index (χ1) is 7.92. The summed E-state index contributed by atoms with van der Waals surface area (Å²) in [4.78, 5) is 0. The Bertz CT molecular complexity index is 392. The Morgan fingerprint density at radius 2 is 1.71 bits per heavy atom. The fourth-order valence-corrected chi connectivity index (χ4v) is 2.41. The molecule has 0 spiro atoms. The summed E-state index contributed by atoms with van der Waals surface area (Å²) in [5, 5.41) is 10.4. The van der Waals surface area contributed by atoms with Gasteiger partial charge in [-0.2, -0.15) is 13.2 Å². The molecule has 1 aliphatic rings. The van der Waals surface area contributed by atoms with E-state index in [0.717, 1.165) is 31.4 Å². The number of halogens is 3. The van der Waals surface area contributed by atoms with Gasteiger partial charge in [0.05, 0.1) is 11.2 Å². The lowest BCUT2D eigenvalue weighted by Gasteiger charge is -2.32. The summed E-state index contributed by atoms with van der Waals surface area (Å²) in [6, 6.07) is 5.06. The van der Waals surface area contributed by atoms with Gasteiger partial charge in [-0.25, -0.2) is 0 Å². The highest BCUT2D eigenvalue weighted by molar-refractivity contribution is 5.30. The zero-order valence-corrected chi connectivity index (χ0v) is 9.43. The van der Waals surface area contributed by atoms with Crippen molar-refractivity contribution in [1.29, 1.82) is 0 Å². The van der Waals surface area contributed by atoms with E-state index in [-0.39, 0.29) is 0 Å². The van der Waals surface area contributed by atoms with Crippen molar-refractivity contribution < 1.29 is 18.3 Å². The molecule has 0 radical (unpaired) electrons. The van der Waals surface area contributed by atoms with Crippen LogP contribution in [0.3, 0.4) is 0 Å². The second-order valence-corrected chi connectivity index (χ2v) is 4.67. The monoisotopic (exact) mass is 244 g/mol. The van der Waals surface area contributed by atoms with Gasteiger partial charge in [0.25, 0.3) is 0 Å².